The maximum absolute atomic E-state index is 13.0. The third-order valence-corrected chi connectivity index (χ3v) is 5.34. The predicted octanol–water partition coefficient (Wildman–Crippen LogP) is -0.621. The van der Waals surface area contributed by atoms with Crippen molar-refractivity contribution in [3.05, 3.63) is 29.8 Å². The Morgan fingerprint density at radius 1 is 0.861 bits per heavy atom. The Hall–Kier alpha value is -3.67. The molecule has 0 aliphatic heterocycles. The normalized spacial score (nSPS) is 14.4. The van der Waals surface area contributed by atoms with E-state index in [1.807, 2.05) is 13.8 Å². The van der Waals surface area contributed by atoms with Gasteiger partial charge in [-0.05, 0) is 36.0 Å². The van der Waals surface area contributed by atoms with Crippen molar-refractivity contribution in [1.29, 1.82) is 0 Å². The molecule has 4 atom stereocenters. The Morgan fingerprint density at radius 2 is 1.42 bits per heavy atom. The molecule has 36 heavy (non-hydrogen) atoms. The summed E-state index contributed by atoms with van der Waals surface area (Å²) in [5.41, 5.74) is 11.3. The van der Waals surface area contributed by atoms with E-state index in [0.717, 1.165) is 0 Å². The predicted molar refractivity (Wildman–Crippen MR) is 131 cm³/mol. The van der Waals surface area contributed by atoms with Gasteiger partial charge in [-0.2, -0.15) is 0 Å². The number of nitrogens with two attached hydrogens (primary N) is 2. The van der Waals surface area contributed by atoms with Crippen LogP contribution in [0, 0.1) is 11.8 Å². The fraction of sp³-hybridized carbons (Fsp3) is 0.542. The summed E-state index contributed by atoms with van der Waals surface area (Å²) < 4.78 is 0. The number of carbonyl (C=O) groups excluding carboxylic acids is 4. The van der Waals surface area contributed by atoms with Crippen LogP contribution in [0.5, 0.6) is 5.75 Å². The molecule has 4 amide bonds. The number of phenols is 1. The van der Waals surface area contributed by atoms with Gasteiger partial charge in [0.1, 0.15) is 23.9 Å². The first-order chi connectivity index (χ1) is 16.7. The molecule has 0 aliphatic rings. The summed E-state index contributed by atoms with van der Waals surface area (Å²) in [6.07, 6.45) is -0.202. The van der Waals surface area contributed by atoms with Gasteiger partial charge in [0.25, 0.3) is 0 Å². The molecular formula is C24H37N5O7. The van der Waals surface area contributed by atoms with Crippen LogP contribution in [-0.4, -0.2) is 64.0 Å². The molecule has 0 bridgehead atoms. The van der Waals surface area contributed by atoms with Gasteiger partial charge in [0.2, 0.25) is 23.6 Å². The second kappa shape index (κ2) is 14.0. The number of aromatic hydroxyl groups is 1. The van der Waals surface area contributed by atoms with Gasteiger partial charge in [-0.15, -0.1) is 0 Å². The number of hydrogen-bond donors (Lipinski definition) is 7. The third-order valence-electron chi connectivity index (χ3n) is 5.34. The minimum atomic E-state index is -1.28. The number of benzene rings is 1. The van der Waals surface area contributed by atoms with E-state index in [2.05, 4.69) is 16.0 Å². The fourth-order valence-electron chi connectivity index (χ4n) is 3.41. The van der Waals surface area contributed by atoms with E-state index in [4.69, 9.17) is 11.5 Å². The Balaban J connectivity index is 2.97. The van der Waals surface area contributed by atoms with Crippen molar-refractivity contribution in [1.82, 2.24) is 16.0 Å². The number of carboxylic acids is 1. The maximum atomic E-state index is 13.0. The fourth-order valence-corrected chi connectivity index (χ4v) is 3.41. The summed E-state index contributed by atoms with van der Waals surface area (Å²) in [5, 5.41) is 26.6. The van der Waals surface area contributed by atoms with Gasteiger partial charge in [0.15, 0.2) is 0 Å². The number of carboxylic acid groups (broad SMARTS) is 1. The average molecular weight is 508 g/mol. The van der Waals surface area contributed by atoms with Crippen LogP contribution < -0.4 is 27.4 Å². The van der Waals surface area contributed by atoms with Crippen LogP contribution >= 0.6 is 0 Å². The summed E-state index contributed by atoms with van der Waals surface area (Å²) in [4.78, 5) is 61.2. The molecule has 0 fully saturated rings. The highest BCUT2D eigenvalue weighted by atomic mass is 16.4. The molecular weight excluding hydrogens is 470 g/mol. The lowest BCUT2D eigenvalue weighted by Crippen LogP contribution is -2.59. The van der Waals surface area contributed by atoms with Crippen molar-refractivity contribution in [2.75, 3.05) is 0 Å². The van der Waals surface area contributed by atoms with Crippen molar-refractivity contribution in [2.24, 2.45) is 23.3 Å². The first-order valence-corrected chi connectivity index (χ1v) is 11.7. The minimum absolute atomic E-state index is 0.0126. The minimum Gasteiger partial charge on any atom is -0.508 e. The van der Waals surface area contributed by atoms with Crippen molar-refractivity contribution in [3.63, 3.8) is 0 Å². The lowest BCUT2D eigenvalue weighted by atomic mass is 9.98. The van der Waals surface area contributed by atoms with Gasteiger partial charge in [-0.3, -0.25) is 19.2 Å². The van der Waals surface area contributed by atoms with Crippen LogP contribution in [0.15, 0.2) is 24.3 Å². The number of aliphatic carboxylic acids is 1. The van der Waals surface area contributed by atoms with E-state index in [9.17, 15) is 34.2 Å². The number of primary amides is 1. The zero-order valence-electron chi connectivity index (χ0n) is 21.0. The molecule has 12 heteroatoms. The van der Waals surface area contributed by atoms with Crippen LogP contribution in [-0.2, 0) is 30.4 Å². The van der Waals surface area contributed by atoms with Crippen LogP contribution in [0.4, 0.5) is 0 Å². The maximum Gasteiger partial charge on any atom is 0.326 e. The first kappa shape index (κ1) is 30.4. The van der Waals surface area contributed by atoms with Crippen molar-refractivity contribution >= 4 is 29.6 Å². The molecule has 0 spiro atoms. The second-order valence-corrected chi connectivity index (χ2v) is 9.47. The summed E-state index contributed by atoms with van der Waals surface area (Å²) in [5.74, 6) is -4.52. The SMILES string of the molecule is CC(C)CC(NC(=O)C(N)CC(N)=O)C(=O)NC(C(=O)NC(Cc1ccc(O)cc1)C(=O)O)C(C)C. The van der Waals surface area contributed by atoms with Crippen LogP contribution in [0.1, 0.15) is 46.1 Å². The zero-order valence-corrected chi connectivity index (χ0v) is 21.0. The monoisotopic (exact) mass is 507 g/mol. The van der Waals surface area contributed by atoms with E-state index < -0.39 is 66.1 Å². The summed E-state index contributed by atoms with van der Waals surface area (Å²) in [6.45, 7) is 7.03. The molecule has 4 unspecified atom stereocenters. The van der Waals surface area contributed by atoms with Crippen molar-refractivity contribution < 1.29 is 34.2 Å². The quantitative estimate of drug-likeness (QED) is 0.172. The molecule has 0 saturated carbocycles. The molecule has 0 saturated heterocycles. The molecule has 1 rings (SSSR count). The van der Waals surface area contributed by atoms with E-state index >= 15 is 0 Å². The number of hydrogen-bond acceptors (Lipinski definition) is 7. The van der Waals surface area contributed by atoms with E-state index in [-0.39, 0.29) is 24.5 Å². The van der Waals surface area contributed by atoms with Gasteiger partial charge < -0.3 is 37.6 Å². The average Bonchev–Trinajstić information content (AvgIpc) is 2.76. The van der Waals surface area contributed by atoms with Gasteiger partial charge in [-0.25, -0.2) is 4.79 Å². The van der Waals surface area contributed by atoms with Crippen molar-refractivity contribution in [3.8, 4) is 5.75 Å². The molecule has 200 valence electrons. The van der Waals surface area contributed by atoms with Gasteiger partial charge >= 0.3 is 5.97 Å². The topological polar surface area (TPSA) is 214 Å². The number of phenolic OH excluding ortho intramolecular Hbond substituents is 1. The Labute approximate surface area is 210 Å². The molecule has 0 aromatic heterocycles. The molecule has 0 heterocycles. The highest BCUT2D eigenvalue weighted by Gasteiger charge is 2.32. The standard InChI is InChI=1S/C24H37N5O7/c1-12(2)9-17(27-21(32)16(25)11-19(26)31)22(33)29-20(13(3)4)23(34)28-18(24(35)36)10-14-5-7-15(30)8-6-14/h5-8,12-13,16-18,20,30H,9-11,25H2,1-4H3,(H2,26,31)(H,27,32)(H,28,34)(H,29,33)(H,35,36). The number of amides is 4. The smallest absolute Gasteiger partial charge is 0.326 e. The number of rotatable bonds is 14. The summed E-state index contributed by atoms with van der Waals surface area (Å²) in [7, 11) is 0. The molecule has 0 aliphatic carbocycles. The molecule has 1 aromatic carbocycles. The van der Waals surface area contributed by atoms with Crippen molar-refractivity contribution in [2.45, 2.75) is 71.1 Å². The highest BCUT2D eigenvalue weighted by Crippen LogP contribution is 2.13. The summed E-state index contributed by atoms with van der Waals surface area (Å²) >= 11 is 0. The Kier molecular flexibility index (Phi) is 11.8. The van der Waals surface area contributed by atoms with Crippen LogP contribution in [0.25, 0.3) is 0 Å². The van der Waals surface area contributed by atoms with Gasteiger partial charge in [-0.1, -0.05) is 39.8 Å². The summed E-state index contributed by atoms with van der Waals surface area (Å²) in [6, 6.07) is 1.26. The van der Waals surface area contributed by atoms with Crippen LogP contribution in [0.2, 0.25) is 0 Å². The van der Waals surface area contributed by atoms with Gasteiger partial charge in [0.05, 0.1) is 12.5 Å². The van der Waals surface area contributed by atoms with E-state index in [1.165, 1.54) is 12.1 Å². The largest absolute Gasteiger partial charge is 0.508 e. The molecule has 1 aromatic rings. The lowest BCUT2D eigenvalue weighted by Gasteiger charge is -2.27. The highest BCUT2D eigenvalue weighted by molar-refractivity contribution is 5.95. The number of nitrogens with one attached hydrogen (secondary N) is 3. The van der Waals surface area contributed by atoms with Gasteiger partial charge in [0, 0.05) is 6.42 Å². The Bertz CT molecular complexity index is 933. The van der Waals surface area contributed by atoms with Crippen LogP contribution in [0.3, 0.4) is 0 Å². The second-order valence-electron chi connectivity index (χ2n) is 9.47. The number of carbonyl (C=O) groups is 5. The molecule has 0 radical (unpaired) electrons. The lowest BCUT2D eigenvalue weighted by molar-refractivity contribution is -0.142. The third kappa shape index (κ3) is 10.3. The van der Waals surface area contributed by atoms with E-state index in [0.29, 0.717) is 5.56 Å². The molecule has 9 N–H and O–H groups in total. The first-order valence-electron chi connectivity index (χ1n) is 11.7. The molecule has 12 nitrogen and oxygen atoms in total. The zero-order chi connectivity index (χ0) is 27.6. The van der Waals surface area contributed by atoms with E-state index in [1.54, 1.807) is 26.0 Å². The Morgan fingerprint density at radius 3 is 1.89 bits per heavy atom.